The number of thiazole rings is 1. The van der Waals surface area contributed by atoms with Crippen LogP contribution in [0.2, 0.25) is 0 Å². The summed E-state index contributed by atoms with van der Waals surface area (Å²) in [6.07, 6.45) is 0. The summed E-state index contributed by atoms with van der Waals surface area (Å²) in [6, 6.07) is 15.7. The lowest BCUT2D eigenvalue weighted by atomic mass is 10.2. The van der Waals surface area contributed by atoms with Gasteiger partial charge in [-0.15, -0.1) is 16.4 Å². The van der Waals surface area contributed by atoms with E-state index in [9.17, 15) is 0 Å². The lowest BCUT2D eigenvalue weighted by molar-refractivity contribution is 0.356. The second-order valence-electron chi connectivity index (χ2n) is 5.81. The first-order valence-corrected chi connectivity index (χ1v) is 10.4. The van der Waals surface area contributed by atoms with E-state index in [1.165, 1.54) is 0 Å². The highest BCUT2D eigenvalue weighted by Crippen LogP contribution is 2.39. The summed E-state index contributed by atoms with van der Waals surface area (Å²) in [7, 11) is 3.27. The van der Waals surface area contributed by atoms with Crippen LogP contribution in [-0.2, 0) is 5.75 Å². The van der Waals surface area contributed by atoms with E-state index in [-0.39, 0.29) is 0 Å². The third kappa shape index (κ3) is 3.88. The molecule has 8 heteroatoms. The van der Waals surface area contributed by atoms with Crippen LogP contribution in [0.25, 0.3) is 22.0 Å². The Hall–Kier alpha value is -2.84. The molecule has 0 aliphatic rings. The maximum Gasteiger partial charge on any atom is 0.209 e. The minimum Gasteiger partial charge on any atom is -0.493 e. The molecule has 0 unspecified atom stereocenters. The zero-order valence-corrected chi connectivity index (χ0v) is 17.0. The van der Waals surface area contributed by atoms with Crippen LogP contribution in [0, 0.1) is 0 Å². The third-order valence-electron chi connectivity index (χ3n) is 4.05. The first kappa shape index (κ1) is 18.5. The largest absolute Gasteiger partial charge is 0.493 e. The summed E-state index contributed by atoms with van der Waals surface area (Å²) in [5.74, 6) is 2.85. The van der Waals surface area contributed by atoms with E-state index in [0.717, 1.165) is 27.7 Å². The van der Waals surface area contributed by atoms with Crippen molar-refractivity contribution >= 4 is 23.1 Å². The second-order valence-corrected chi connectivity index (χ2v) is 7.61. The molecule has 1 N–H and O–H groups in total. The predicted octanol–water partition coefficient (Wildman–Crippen LogP) is 4.90. The van der Waals surface area contributed by atoms with Gasteiger partial charge >= 0.3 is 0 Å². The molecule has 0 aliphatic heterocycles. The summed E-state index contributed by atoms with van der Waals surface area (Å²) in [4.78, 5) is 9.29. The molecule has 4 rings (SSSR count). The zero-order valence-electron chi connectivity index (χ0n) is 15.4. The van der Waals surface area contributed by atoms with Crippen LogP contribution in [-0.4, -0.2) is 34.4 Å². The molecule has 2 heterocycles. The molecule has 0 saturated heterocycles. The number of thioether (sulfide) groups is 1. The molecule has 4 aromatic rings. The molecule has 0 amide bonds. The summed E-state index contributed by atoms with van der Waals surface area (Å²) in [5, 5.41) is 10.9. The average molecular weight is 411 g/mol. The summed E-state index contributed by atoms with van der Waals surface area (Å²) in [6.45, 7) is 0. The molecule has 6 nitrogen and oxygen atoms in total. The van der Waals surface area contributed by atoms with Gasteiger partial charge < -0.3 is 9.47 Å². The number of para-hydroxylation sites is 1. The maximum atomic E-state index is 5.52. The van der Waals surface area contributed by atoms with Gasteiger partial charge in [-0.2, -0.15) is 0 Å². The highest BCUT2D eigenvalue weighted by Gasteiger charge is 2.15. The number of hydrogen-bond donors (Lipinski definition) is 1. The summed E-state index contributed by atoms with van der Waals surface area (Å²) < 4.78 is 10.9. The molecule has 0 aliphatic carbocycles. The van der Waals surface area contributed by atoms with Gasteiger partial charge in [0.05, 0.1) is 25.5 Å². The molecule has 0 fully saturated rings. The first-order chi connectivity index (χ1) is 13.8. The number of methoxy groups -OCH3 is 2. The molecule has 142 valence electrons. The zero-order chi connectivity index (χ0) is 19.3. The average Bonchev–Trinajstić information content (AvgIpc) is 3.42. The Labute approximate surface area is 171 Å². The van der Waals surface area contributed by atoms with Gasteiger partial charge in [0.1, 0.15) is 5.01 Å². The molecule has 0 saturated carbocycles. The van der Waals surface area contributed by atoms with Gasteiger partial charge in [0.2, 0.25) is 5.16 Å². The van der Waals surface area contributed by atoms with Gasteiger partial charge in [-0.1, -0.05) is 48.2 Å². The first-order valence-electron chi connectivity index (χ1n) is 8.55. The van der Waals surface area contributed by atoms with Crippen molar-refractivity contribution in [2.24, 2.45) is 0 Å². The lowest BCUT2D eigenvalue weighted by Crippen LogP contribution is -1.93. The number of H-pyrrole nitrogens is 1. The van der Waals surface area contributed by atoms with Crippen LogP contribution >= 0.6 is 23.1 Å². The van der Waals surface area contributed by atoms with Gasteiger partial charge in [-0.25, -0.2) is 9.97 Å². The fraction of sp³-hybridized carbons (Fsp3) is 0.150. The standard InChI is InChI=1S/C20H18N4O2S2/c1-25-16-10-6-9-15(17(16)26-2)19-21-14(11-27-19)12-28-20-22-18(23-24-20)13-7-4-3-5-8-13/h3-11H,12H2,1-2H3,(H,22,23,24). The molecule has 28 heavy (non-hydrogen) atoms. The highest BCUT2D eigenvalue weighted by atomic mass is 32.2. The van der Waals surface area contributed by atoms with Gasteiger partial charge in [-0.3, -0.25) is 5.10 Å². The quantitative estimate of drug-likeness (QED) is 0.437. The Morgan fingerprint density at radius 3 is 2.64 bits per heavy atom. The van der Waals surface area contributed by atoms with Crippen LogP contribution in [0.15, 0.2) is 59.1 Å². The molecule has 2 aromatic heterocycles. The predicted molar refractivity (Wildman–Crippen MR) is 112 cm³/mol. The topological polar surface area (TPSA) is 72.9 Å². The number of benzene rings is 2. The number of rotatable bonds is 7. The van der Waals surface area contributed by atoms with E-state index in [4.69, 9.17) is 14.5 Å². The minimum absolute atomic E-state index is 0.689. The number of aromatic nitrogens is 4. The van der Waals surface area contributed by atoms with E-state index in [1.807, 2.05) is 53.9 Å². The van der Waals surface area contributed by atoms with Crippen molar-refractivity contribution in [3.63, 3.8) is 0 Å². The lowest BCUT2D eigenvalue weighted by Gasteiger charge is -2.10. The van der Waals surface area contributed by atoms with Crippen LogP contribution in [0.3, 0.4) is 0 Å². The smallest absolute Gasteiger partial charge is 0.209 e. The van der Waals surface area contributed by atoms with Crippen molar-refractivity contribution < 1.29 is 9.47 Å². The summed E-state index contributed by atoms with van der Waals surface area (Å²) in [5.41, 5.74) is 2.91. The molecule has 0 radical (unpaired) electrons. The van der Waals surface area contributed by atoms with Crippen molar-refractivity contribution in [3.8, 4) is 33.5 Å². The minimum atomic E-state index is 0.689. The van der Waals surface area contributed by atoms with E-state index in [2.05, 4.69) is 15.2 Å². The van der Waals surface area contributed by atoms with Crippen molar-refractivity contribution in [2.45, 2.75) is 10.9 Å². The van der Waals surface area contributed by atoms with E-state index in [1.54, 1.807) is 37.3 Å². The Morgan fingerprint density at radius 1 is 1.00 bits per heavy atom. The molecule has 2 aromatic carbocycles. The van der Waals surface area contributed by atoms with E-state index in [0.29, 0.717) is 22.4 Å². The van der Waals surface area contributed by atoms with Crippen LogP contribution in [0.4, 0.5) is 0 Å². The molecule has 0 bridgehead atoms. The highest BCUT2D eigenvalue weighted by molar-refractivity contribution is 7.98. The van der Waals surface area contributed by atoms with Crippen molar-refractivity contribution in [1.29, 1.82) is 0 Å². The van der Waals surface area contributed by atoms with E-state index < -0.39 is 0 Å². The van der Waals surface area contributed by atoms with Gasteiger partial charge in [0.15, 0.2) is 17.3 Å². The van der Waals surface area contributed by atoms with Gasteiger partial charge in [-0.05, 0) is 12.1 Å². The number of ether oxygens (including phenoxy) is 2. The summed E-state index contributed by atoms with van der Waals surface area (Å²) >= 11 is 3.13. The van der Waals surface area contributed by atoms with Crippen molar-refractivity contribution in [3.05, 3.63) is 59.6 Å². The Morgan fingerprint density at radius 2 is 1.86 bits per heavy atom. The number of nitrogens with zero attached hydrogens (tertiary/aromatic N) is 3. The fourth-order valence-corrected chi connectivity index (χ4v) is 4.36. The number of nitrogens with one attached hydrogen (secondary N) is 1. The SMILES string of the molecule is COc1cccc(-c2nc(CSc3n[nH]c(-c4ccccc4)n3)cs2)c1OC. The van der Waals surface area contributed by atoms with Crippen LogP contribution in [0.1, 0.15) is 5.69 Å². The molecular weight excluding hydrogens is 392 g/mol. The maximum absolute atomic E-state index is 5.52. The van der Waals surface area contributed by atoms with Gasteiger partial charge in [0.25, 0.3) is 0 Å². The Bertz CT molecular complexity index is 1060. The molecule has 0 atom stereocenters. The van der Waals surface area contributed by atoms with Crippen LogP contribution < -0.4 is 9.47 Å². The van der Waals surface area contributed by atoms with E-state index >= 15 is 0 Å². The van der Waals surface area contributed by atoms with Crippen LogP contribution in [0.5, 0.6) is 11.5 Å². The number of hydrogen-bond acceptors (Lipinski definition) is 7. The second kappa shape index (κ2) is 8.45. The Kier molecular flexibility index (Phi) is 5.59. The van der Waals surface area contributed by atoms with Crippen molar-refractivity contribution in [1.82, 2.24) is 20.2 Å². The Balaban J connectivity index is 1.47. The fourth-order valence-electron chi connectivity index (χ4n) is 2.73. The monoisotopic (exact) mass is 410 g/mol. The normalized spacial score (nSPS) is 10.8. The van der Waals surface area contributed by atoms with Gasteiger partial charge in [0, 0.05) is 16.7 Å². The number of aromatic amines is 1. The van der Waals surface area contributed by atoms with Crippen molar-refractivity contribution in [2.75, 3.05) is 14.2 Å². The molecule has 0 spiro atoms. The third-order valence-corrected chi connectivity index (χ3v) is 5.85. The molecular formula is C20H18N4O2S2.